The first-order valence-corrected chi connectivity index (χ1v) is 7.52. The Morgan fingerprint density at radius 3 is 2.94 bits per heavy atom. The number of hydrogen-bond donors (Lipinski definition) is 1. The van der Waals surface area contributed by atoms with Gasteiger partial charge in [0.05, 0.1) is 0 Å². The third-order valence-corrected chi connectivity index (χ3v) is 5.75. The second-order valence-electron chi connectivity index (χ2n) is 6.61. The molecule has 0 aromatic carbocycles. The fraction of sp³-hybridized carbons (Fsp3) is 0.688. The average Bonchev–Trinajstić information content (AvgIpc) is 3.12. The summed E-state index contributed by atoms with van der Waals surface area (Å²) in [5, 5.41) is 0. The summed E-state index contributed by atoms with van der Waals surface area (Å²) in [6.45, 7) is 0. The summed E-state index contributed by atoms with van der Waals surface area (Å²) >= 11 is 0. The van der Waals surface area contributed by atoms with Crippen LogP contribution >= 0.6 is 0 Å². The van der Waals surface area contributed by atoms with E-state index in [2.05, 4.69) is 17.1 Å². The van der Waals surface area contributed by atoms with E-state index in [-0.39, 0.29) is 0 Å². The maximum Gasteiger partial charge on any atom is 0.0482 e. The Kier molecular flexibility index (Phi) is 2.47. The molecule has 0 aliphatic heterocycles. The van der Waals surface area contributed by atoms with Gasteiger partial charge in [-0.2, -0.15) is 0 Å². The van der Waals surface area contributed by atoms with Crippen molar-refractivity contribution in [1.82, 2.24) is 4.98 Å². The maximum atomic E-state index is 6.65. The van der Waals surface area contributed by atoms with Crippen LogP contribution in [-0.2, 0) is 6.42 Å². The smallest absolute Gasteiger partial charge is 0.0482 e. The lowest BCUT2D eigenvalue weighted by atomic mass is 9.77. The van der Waals surface area contributed by atoms with Crippen molar-refractivity contribution in [2.75, 3.05) is 0 Å². The van der Waals surface area contributed by atoms with Crippen molar-refractivity contribution in [1.29, 1.82) is 0 Å². The van der Waals surface area contributed by atoms with E-state index in [9.17, 15) is 0 Å². The first kappa shape index (κ1) is 11.0. The number of nitrogens with two attached hydrogens (primary N) is 1. The number of hydrogen-bond acceptors (Lipinski definition) is 2. The highest BCUT2D eigenvalue weighted by molar-refractivity contribution is 5.30. The van der Waals surface area contributed by atoms with E-state index in [1.807, 2.05) is 6.20 Å². The zero-order chi connectivity index (χ0) is 12.1. The van der Waals surface area contributed by atoms with Gasteiger partial charge in [0.25, 0.3) is 0 Å². The zero-order valence-corrected chi connectivity index (χ0v) is 10.9. The highest BCUT2D eigenvalue weighted by atomic mass is 14.8. The van der Waals surface area contributed by atoms with Crippen molar-refractivity contribution < 1.29 is 0 Å². The fourth-order valence-corrected chi connectivity index (χ4v) is 4.88. The first-order valence-electron chi connectivity index (χ1n) is 7.52. The molecule has 2 saturated carbocycles. The number of fused-ring (bicyclic) bond motifs is 3. The lowest BCUT2D eigenvalue weighted by Gasteiger charge is -2.31. The summed E-state index contributed by atoms with van der Waals surface area (Å²) in [5.74, 6) is 3.24. The van der Waals surface area contributed by atoms with Crippen LogP contribution in [-0.4, -0.2) is 11.0 Å². The number of aryl methyl sites for hydroxylation is 1. The van der Waals surface area contributed by atoms with Crippen LogP contribution in [0, 0.1) is 17.8 Å². The summed E-state index contributed by atoms with van der Waals surface area (Å²) in [6, 6.07) is 4.65. The molecule has 5 unspecified atom stereocenters. The highest BCUT2D eigenvalue weighted by Crippen LogP contribution is 2.51. The van der Waals surface area contributed by atoms with Crippen molar-refractivity contribution in [3.63, 3.8) is 0 Å². The zero-order valence-electron chi connectivity index (χ0n) is 10.9. The molecule has 2 N–H and O–H groups in total. The second-order valence-corrected chi connectivity index (χ2v) is 6.61. The van der Waals surface area contributed by atoms with Gasteiger partial charge in [-0.25, -0.2) is 0 Å². The molecule has 0 amide bonds. The van der Waals surface area contributed by atoms with Crippen molar-refractivity contribution >= 4 is 0 Å². The molecule has 3 aliphatic carbocycles. The Morgan fingerprint density at radius 1 is 1.22 bits per heavy atom. The second kappa shape index (κ2) is 4.06. The summed E-state index contributed by atoms with van der Waals surface area (Å²) < 4.78 is 0. The van der Waals surface area contributed by atoms with Crippen molar-refractivity contribution in [3.05, 3.63) is 29.6 Å². The molecule has 2 nitrogen and oxygen atoms in total. The Labute approximate surface area is 109 Å². The number of rotatable bonds is 2. The Hall–Kier alpha value is -0.890. The monoisotopic (exact) mass is 242 g/mol. The van der Waals surface area contributed by atoms with Crippen molar-refractivity contribution in [2.45, 2.75) is 50.5 Å². The van der Waals surface area contributed by atoms with E-state index in [4.69, 9.17) is 5.73 Å². The van der Waals surface area contributed by atoms with E-state index in [1.54, 1.807) is 0 Å². The number of nitrogens with zero attached hydrogens (tertiary/aromatic N) is 1. The lowest BCUT2D eigenvalue weighted by molar-refractivity contribution is 0.254. The first-order chi connectivity index (χ1) is 8.83. The SMILES string of the molecule is NC(C1CCc2cccnc21)C1CC2CCC1C2. The Bertz CT molecular complexity index is 456. The van der Waals surface area contributed by atoms with Crippen LogP contribution in [0.15, 0.2) is 18.3 Å². The van der Waals surface area contributed by atoms with E-state index in [0.717, 1.165) is 17.8 Å². The van der Waals surface area contributed by atoms with Gasteiger partial charge >= 0.3 is 0 Å². The molecule has 3 aliphatic rings. The van der Waals surface area contributed by atoms with Crippen LogP contribution in [0.25, 0.3) is 0 Å². The van der Waals surface area contributed by atoms with Crippen molar-refractivity contribution in [3.8, 4) is 0 Å². The molecule has 1 heterocycles. The van der Waals surface area contributed by atoms with Gasteiger partial charge in [-0.05, 0) is 61.5 Å². The van der Waals surface area contributed by atoms with Crippen molar-refractivity contribution in [2.24, 2.45) is 23.5 Å². The molecule has 18 heavy (non-hydrogen) atoms. The van der Waals surface area contributed by atoms with Crippen LogP contribution in [0.4, 0.5) is 0 Å². The minimum Gasteiger partial charge on any atom is -0.327 e. The summed E-state index contributed by atoms with van der Waals surface area (Å²) in [4.78, 5) is 4.62. The topological polar surface area (TPSA) is 38.9 Å². The van der Waals surface area contributed by atoms with Crippen LogP contribution < -0.4 is 5.73 Å². The molecule has 4 rings (SSSR count). The minimum absolute atomic E-state index is 0.358. The van der Waals surface area contributed by atoms with Gasteiger partial charge in [-0.3, -0.25) is 4.98 Å². The third-order valence-electron chi connectivity index (χ3n) is 5.75. The fourth-order valence-electron chi connectivity index (χ4n) is 4.88. The summed E-state index contributed by atoms with van der Waals surface area (Å²) in [7, 11) is 0. The van der Waals surface area contributed by atoms with Crippen LogP contribution in [0.1, 0.15) is 49.3 Å². The van der Waals surface area contributed by atoms with Crippen LogP contribution in [0.5, 0.6) is 0 Å². The molecule has 0 saturated heterocycles. The minimum atomic E-state index is 0.358. The van der Waals surface area contributed by atoms with E-state index in [1.165, 1.54) is 49.8 Å². The molecular weight excluding hydrogens is 220 g/mol. The predicted molar refractivity (Wildman–Crippen MR) is 72.2 cm³/mol. The molecule has 0 radical (unpaired) electrons. The standard InChI is InChI=1S/C16H22N2/c17-15(14-9-10-3-4-12(14)8-10)13-6-5-11-2-1-7-18-16(11)13/h1-2,7,10,12-15H,3-6,8-9,17H2. The summed E-state index contributed by atoms with van der Waals surface area (Å²) in [6.07, 6.45) is 10.1. The molecule has 5 atom stereocenters. The summed E-state index contributed by atoms with van der Waals surface area (Å²) in [5.41, 5.74) is 9.40. The predicted octanol–water partition coefficient (Wildman–Crippen LogP) is 2.87. The molecule has 96 valence electrons. The largest absolute Gasteiger partial charge is 0.327 e. The molecule has 2 heteroatoms. The molecule has 0 spiro atoms. The third kappa shape index (κ3) is 1.55. The van der Waals surface area contributed by atoms with Crippen LogP contribution in [0.2, 0.25) is 0 Å². The van der Waals surface area contributed by atoms with E-state index < -0.39 is 0 Å². The van der Waals surface area contributed by atoms with Gasteiger partial charge in [0, 0.05) is 23.9 Å². The Balaban J connectivity index is 1.58. The number of pyridine rings is 1. The molecule has 1 aromatic rings. The Morgan fingerprint density at radius 2 is 2.17 bits per heavy atom. The normalized spacial score (nSPS) is 38.9. The van der Waals surface area contributed by atoms with Gasteiger partial charge in [-0.1, -0.05) is 12.5 Å². The van der Waals surface area contributed by atoms with Gasteiger partial charge in [-0.15, -0.1) is 0 Å². The molecule has 2 fully saturated rings. The van der Waals surface area contributed by atoms with E-state index >= 15 is 0 Å². The van der Waals surface area contributed by atoms with Gasteiger partial charge in [0.2, 0.25) is 0 Å². The van der Waals surface area contributed by atoms with E-state index in [0.29, 0.717) is 12.0 Å². The average molecular weight is 242 g/mol. The van der Waals surface area contributed by atoms with Crippen LogP contribution in [0.3, 0.4) is 0 Å². The van der Waals surface area contributed by atoms with Gasteiger partial charge in [0.15, 0.2) is 0 Å². The highest BCUT2D eigenvalue weighted by Gasteiger charge is 2.45. The van der Waals surface area contributed by atoms with Gasteiger partial charge < -0.3 is 5.73 Å². The molecule has 1 aromatic heterocycles. The van der Waals surface area contributed by atoms with Gasteiger partial charge in [0.1, 0.15) is 0 Å². The number of aromatic nitrogens is 1. The molecule has 2 bridgehead atoms. The maximum absolute atomic E-state index is 6.65. The quantitative estimate of drug-likeness (QED) is 0.866. The molecular formula is C16H22N2. The lowest BCUT2D eigenvalue weighted by Crippen LogP contribution is -2.38.